The first-order chi connectivity index (χ1) is 19.5. The molecule has 9 nitrogen and oxygen atoms in total. The van der Waals surface area contributed by atoms with Gasteiger partial charge in [-0.05, 0) is 29.5 Å². The van der Waals surface area contributed by atoms with Crippen molar-refractivity contribution in [3.63, 3.8) is 0 Å². The van der Waals surface area contributed by atoms with Crippen molar-refractivity contribution in [1.82, 2.24) is 24.5 Å². The van der Waals surface area contributed by atoms with Crippen molar-refractivity contribution in [3.8, 4) is 22.3 Å². The van der Waals surface area contributed by atoms with Gasteiger partial charge in [0.25, 0.3) is 5.91 Å². The molecule has 4 aliphatic heterocycles. The Morgan fingerprint density at radius 1 is 0.925 bits per heavy atom. The Bertz CT molecular complexity index is 1440. The fraction of sp³-hybridized carbons (Fsp3) is 0.419. The second-order valence-electron chi connectivity index (χ2n) is 11.5. The molecular weight excluding hydrogens is 504 g/mol. The molecule has 0 aliphatic carbocycles. The molecule has 40 heavy (non-hydrogen) atoms. The zero-order valence-electron chi connectivity index (χ0n) is 22.8. The summed E-state index contributed by atoms with van der Waals surface area (Å²) < 4.78 is 7.44. The lowest BCUT2D eigenvalue weighted by atomic mass is 9.96. The predicted molar refractivity (Wildman–Crippen MR) is 152 cm³/mol. The van der Waals surface area contributed by atoms with Crippen molar-refractivity contribution >= 4 is 17.8 Å². The number of amides is 3. The highest BCUT2D eigenvalue weighted by Gasteiger charge is 2.52. The number of aliphatic imine (C=N–C) groups is 1. The van der Waals surface area contributed by atoms with Gasteiger partial charge in [-0.15, -0.1) is 0 Å². The van der Waals surface area contributed by atoms with Crippen molar-refractivity contribution in [3.05, 3.63) is 66.5 Å². The van der Waals surface area contributed by atoms with Crippen molar-refractivity contribution in [1.29, 1.82) is 0 Å². The Labute approximate surface area is 234 Å². The zero-order valence-corrected chi connectivity index (χ0v) is 22.8. The lowest BCUT2D eigenvalue weighted by Crippen LogP contribution is -2.58. The van der Waals surface area contributed by atoms with Gasteiger partial charge in [0.05, 0.1) is 12.8 Å². The maximum atomic E-state index is 13.7. The SMILES string of the molecule is Cn1cc(-c2ccc(-c3ccc(C4=NC5(CCOC5)C(=O)N4CC4CN(C(=O)N5CCCC5)C4)cc3)cc2)cn1. The summed E-state index contributed by atoms with van der Waals surface area (Å²) >= 11 is 0. The summed E-state index contributed by atoms with van der Waals surface area (Å²) in [7, 11) is 1.92. The van der Waals surface area contributed by atoms with E-state index in [-0.39, 0.29) is 17.9 Å². The van der Waals surface area contributed by atoms with Crippen molar-refractivity contribution in [2.45, 2.75) is 24.8 Å². The highest BCUT2D eigenvalue weighted by atomic mass is 16.5. The van der Waals surface area contributed by atoms with E-state index in [1.165, 1.54) is 0 Å². The van der Waals surface area contributed by atoms with Crippen LogP contribution >= 0.6 is 0 Å². The number of aromatic nitrogens is 2. The molecule has 5 heterocycles. The Hall–Kier alpha value is -3.98. The normalized spacial score (nSPS) is 22.9. The van der Waals surface area contributed by atoms with Crippen LogP contribution in [0.15, 0.2) is 65.9 Å². The first-order valence-electron chi connectivity index (χ1n) is 14.2. The maximum Gasteiger partial charge on any atom is 0.320 e. The van der Waals surface area contributed by atoms with Crippen molar-refractivity contribution in [2.24, 2.45) is 18.0 Å². The molecule has 4 aliphatic rings. The number of hydrogen-bond acceptors (Lipinski definition) is 5. The van der Waals surface area contributed by atoms with Crippen LogP contribution in [0.4, 0.5) is 4.79 Å². The van der Waals surface area contributed by atoms with Crippen molar-refractivity contribution < 1.29 is 14.3 Å². The minimum atomic E-state index is -0.815. The van der Waals surface area contributed by atoms with Crippen LogP contribution in [0.25, 0.3) is 22.3 Å². The summed E-state index contributed by atoms with van der Waals surface area (Å²) in [5, 5.41) is 4.26. The molecule has 3 fully saturated rings. The molecular formula is C31H34N6O3. The van der Waals surface area contributed by atoms with E-state index in [0.717, 1.165) is 59.6 Å². The molecule has 0 saturated carbocycles. The van der Waals surface area contributed by atoms with Gasteiger partial charge in [-0.25, -0.2) is 9.79 Å². The Morgan fingerprint density at radius 3 is 2.12 bits per heavy atom. The molecule has 0 N–H and O–H groups in total. The van der Waals surface area contributed by atoms with Crippen LogP contribution in [0.2, 0.25) is 0 Å². The van der Waals surface area contributed by atoms with E-state index in [9.17, 15) is 9.59 Å². The Kier molecular flexibility index (Phi) is 6.19. The highest BCUT2D eigenvalue weighted by Crippen LogP contribution is 2.35. The molecule has 3 amide bonds. The number of amidine groups is 1. The second kappa shape index (κ2) is 9.89. The van der Waals surface area contributed by atoms with Gasteiger partial charge in [-0.3, -0.25) is 14.4 Å². The molecule has 9 heteroatoms. The number of likely N-dealkylation sites (tertiary alicyclic amines) is 2. The summed E-state index contributed by atoms with van der Waals surface area (Å²) in [5.74, 6) is 0.994. The van der Waals surface area contributed by atoms with E-state index < -0.39 is 5.54 Å². The molecule has 206 valence electrons. The summed E-state index contributed by atoms with van der Waals surface area (Å²) in [4.78, 5) is 37.1. The first-order valence-corrected chi connectivity index (χ1v) is 14.2. The van der Waals surface area contributed by atoms with Gasteiger partial charge in [-0.1, -0.05) is 48.5 Å². The molecule has 0 radical (unpaired) electrons. The van der Waals surface area contributed by atoms with E-state index >= 15 is 0 Å². The lowest BCUT2D eigenvalue weighted by molar-refractivity contribution is -0.132. The van der Waals surface area contributed by atoms with Crippen LogP contribution in [0, 0.1) is 5.92 Å². The van der Waals surface area contributed by atoms with Gasteiger partial charge < -0.3 is 14.5 Å². The van der Waals surface area contributed by atoms with Gasteiger partial charge in [0.1, 0.15) is 5.84 Å². The van der Waals surface area contributed by atoms with Crippen molar-refractivity contribution in [2.75, 3.05) is 45.9 Å². The third-order valence-electron chi connectivity index (χ3n) is 8.66. The number of carbonyl (C=O) groups excluding carboxylic acids is 2. The van der Waals surface area contributed by atoms with E-state index in [4.69, 9.17) is 9.73 Å². The molecule has 1 spiro atoms. The largest absolute Gasteiger partial charge is 0.378 e. The predicted octanol–water partition coefficient (Wildman–Crippen LogP) is 3.65. The molecule has 0 bridgehead atoms. The lowest BCUT2D eigenvalue weighted by Gasteiger charge is -2.42. The smallest absolute Gasteiger partial charge is 0.320 e. The van der Waals surface area contributed by atoms with Gasteiger partial charge in [-0.2, -0.15) is 5.10 Å². The van der Waals surface area contributed by atoms with Gasteiger partial charge in [0.15, 0.2) is 5.54 Å². The minimum absolute atomic E-state index is 0.0272. The second-order valence-corrected chi connectivity index (χ2v) is 11.5. The first kappa shape index (κ1) is 25.0. The summed E-state index contributed by atoms with van der Waals surface area (Å²) in [6.07, 6.45) is 6.66. The standard InChI is InChI=1S/C31H34N6O3/c1-34-20-27(16-32-34)25-6-4-23(5-7-25)24-8-10-26(11-9-24)28-33-31(12-15-40-21-31)29(38)37(28)19-22-17-36(18-22)30(39)35-13-2-3-14-35/h4-11,16,20,22H,2-3,12-15,17-19,21H2,1H3. The van der Waals surface area contributed by atoms with Gasteiger partial charge in [0, 0.05) is 76.0 Å². The third kappa shape index (κ3) is 4.38. The topological polar surface area (TPSA) is 83.3 Å². The zero-order chi connectivity index (χ0) is 27.3. The average Bonchev–Trinajstić information content (AvgIpc) is 3.77. The summed E-state index contributed by atoms with van der Waals surface area (Å²) in [5.41, 5.74) is 4.56. The number of rotatable bonds is 5. The maximum absolute atomic E-state index is 13.7. The number of benzene rings is 2. The molecule has 7 rings (SSSR count). The summed E-state index contributed by atoms with van der Waals surface area (Å²) in [6, 6.07) is 16.9. The quantitative estimate of drug-likeness (QED) is 0.497. The fourth-order valence-electron chi connectivity index (χ4n) is 6.30. The van der Waals surface area contributed by atoms with Crippen LogP contribution in [0.1, 0.15) is 24.8 Å². The van der Waals surface area contributed by atoms with Gasteiger partial charge >= 0.3 is 6.03 Å². The van der Waals surface area contributed by atoms with Crippen LogP contribution in [0.5, 0.6) is 0 Å². The Balaban J connectivity index is 1.08. The third-order valence-corrected chi connectivity index (χ3v) is 8.66. The molecule has 1 unspecified atom stereocenters. The number of hydrogen-bond donors (Lipinski definition) is 0. The van der Waals surface area contributed by atoms with E-state index in [0.29, 0.717) is 39.3 Å². The summed E-state index contributed by atoms with van der Waals surface area (Å²) in [6.45, 7) is 4.53. The molecule has 3 saturated heterocycles. The van der Waals surface area contributed by atoms with Crippen LogP contribution in [-0.2, 0) is 16.6 Å². The molecule has 3 aromatic rings. The molecule has 1 atom stereocenters. The molecule has 2 aromatic carbocycles. The van der Waals surface area contributed by atoms with E-state index in [2.05, 4.69) is 53.6 Å². The number of ether oxygens (including phenoxy) is 1. The van der Waals surface area contributed by atoms with E-state index in [1.807, 2.05) is 34.1 Å². The Morgan fingerprint density at radius 2 is 1.55 bits per heavy atom. The number of aryl methyl sites for hydroxylation is 1. The van der Waals surface area contributed by atoms with Crippen LogP contribution in [-0.4, -0.2) is 93.7 Å². The van der Waals surface area contributed by atoms with E-state index in [1.54, 1.807) is 4.68 Å². The average molecular weight is 539 g/mol. The minimum Gasteiger partial charge on any atom is -0.378 e. The highest BCUT2D eigenvalue weighted by molar-refractivity contribution is 6.15. The number of urea groups is 1. The molecule has 1 aromatic heterocycles. The van der Waals surface area contributed by atoms with Crippen LogP contribution < -0.4 is 0 Å². The number of carbonyl (C=O) groups is 2. The van der Waals surface area contributed by atoms with Gasteiger partial charge in [0.2, 0.25) is 0 Å². The monoisotopic (exact) mass is 538 g/mol. The fourth-order valence-corrected chi connectivity index (χ4v) is 6.30. The number of nitrogens with zero attached hydrogens (tertiary/aromatic N) is 6. The van der Waals surface area contributed by atoms with Crippen LogP contribution in [0.3, 0.4) is 0 Å².